The minimum absolute atomic E-state index is 0.116. The monoisotopic (exact) mass is 316 g/mol. The van der Waals surface area contributed by atoms with Gasteiger partial charge < -0.3 is 5.32 Å². The second-order valence-electron chi connectivity index (χ2n) is 6.20. The molecule has 3 atom stereocenters. The van der Waals surface area contributed by atoms with E-state index in [1.165, 1.54) is 12.8 Å². The van der Waals surface area contributed by atoms with Crippen LogP contribution in [-0.4, -0.2) is 17.7 Å². The van der Waals surface area contributed by atoms with Crippen molar-refractivity contribution in [3.63, 3.8) is 0 Å². The molecule has 0 radical (unpaired) electrons. The molecule has 1 aliphatic carbocycles. The highest BCUT2D eigenvalue weighted by Gasteiger charge is 2.27. The third kappa shape index (κ3) is 4.51. The number of carbonyl (C=O) groups excluding carboxylic acids is 1. The van der Waals surface area contributed by atoms with Crippen LogP contribution < -0.4 is 5.32 Å². The smallest absolute Gasteiger partial charge is 0.230 e. The standard InChI is InChI=1S/C18H24N2OS/c1-13-6-5-9-17(14(13)2)20-18(21)12-22-11-16-8-4-3-7-15(16)10-19/h3-4,7-8,13-14,17H,5-6,9,11-12H2,1-2H3,(H,20,21)/t13-,14+,17+/m0/s1. The third-order valence-corrected chi connectivity index (χ3v) is 5.66. The number of nitrogens with one attached hydrogen (secondary N) is 1. The fourth-order valence-electron chi connectivity index (χ4n) is 3.04. The molecule has 1 N–H and O–H groups in total. The normalized spacial score (nSPS) is 24.5. The fraction of sp³-hybridized carbons (Fsp3) is 0.556. The lowest BCUT2D eigenvalue weighted by atomic mass is 9.78. The first-order valence-electron chi connectivity index (χ1n) is 7.97. The van der Waals surface area contributed by atoms with Gasteiger partial charge in [0, 0.05) is 11.8 Å². The summed E-state index contributed by atoms with van der Waals surface area (Å²) in [6, 6.07) is 10.1. The average molecular weight is 316 g/mol. The van der Waals surface area contributed by atoms with Crippen molar-refractivity contribution in [2.45, 2.75) is 44.9 Å². The van der Waals surface area contributed by atoms with Gasteiger partial charge in [-0.25, -0.2) is 0 Å². The van der Waals surface area contributed by atoms with Gasteiger partial charge in [0.1, 0.15) is 0 Å². The maximum Gasteiger partial charge on any atom is 0.230 e. The number of hydrogen-bond donors (Lipinski definition) is 1. The molecular weight excluding hydrogens is 292 g/mol. The van der Waals surface area contributed by atoms with Gasteiger partial charge >= 0.3 is 0 Å². The number of hydrogen-bond acceptors (Lipinski definition) is 3. The molecule has 4 heteroatoms. The van der Waals surface area contributed by atoms with Gasteiger partial charge in [-0.2, -0.15) is 5.26 Å². The van der Waals surface area contributed by atoms with Crippen molar-refractivity contribution in [2.75, 3.05) is 5.75 Å². The summed E-state index contributed by atoms with van der Waals surface area (Å²) in [6.45, 7) is 4.52. The quantitative estimate of drug-likeness (QED) is 0.900. The second kappa shape index (κ2) is 8.24. The maximum absolute atomic E-state index is 12.1. The van der Waals surface area contributed by atoms with Gasteiger partial charge in [-0.1, -0.05) is 44.9 Å². The molecule has 1 aliphatic rings. The molecule has 3 nitrogen and oxygen atoms in total. The average Bonchev–Trinajstić information content (AvgIpc) is 2.52. The van der Waals surface area contributed by atoms with Crippen LogP contribution in [0.4, 0.5) is 0 Å². The Morgan fingerprint density at radius 3 is 2.91 bits per heavy atom. The van der Waals surface area contributed by atoms with Crippen LogP contribution in [0.15, 0.2) is 24.3 Å². The van der Waals surface area contributed by atoms with Crippen LogP contribution in [0.3, 0.4) is 0 Å². The van der Waals surface area contributed by atoms with Crippen LogP contribution in [0, 0.1) is 23.2 Å². The number of thioether (sulfide) groups is 1. The van der Waals surface area contributed by atoms with E-state index in [-0.39, 0.29) is 5.91 Å². The highest BCUT2D eigenvalue weighted by atomic mass is 32.2. The van der Waals surface area contributed by atoms with E-state index in [4.69, 9.17) is 5.26 Å². The molecular formula is C18H24N2OS. The van der Waals surface area contributed by atoms with Gasteiger partial charge in [0.05, 0.1) is 17.4 Å². The van der Waals surface area contributed by atoms with Gasteiger partial charge in [-0.15, -0.1) is 11.8 Å². The van der Waals surface area contributed by atoms with Crippen LogP contribution in [-0.2, 0) is 10.5 Å². The van der Waals surface area contributed by atoms with Crippen molar-refractivity contribution in [1.29, 1.82) is 5.26 Å². The Balaban J connectivity index is 1.77. The van der Waals surface area contributed by atoms with E-state index in [1.807, 2.05) is 24.3 Å². The SMILES string of the molecule is C[C@@H]1[C@@H](C)CCC[C@H]1NC(=O)CSCc1ccccc1C#N. The highest BCUT2D eigenvalue weighted by molar-refractivity contribution is 7.99. The molecule has 1 saturated carbocycles. The zero-order valence-electron chi connectivity index (χ0n) is 13.3. The molecule has 22 heavy (non-hydrogen) atoms. The lowest BCUT2D eigenvalue weighted by Crippen LogP contribution is -2.44. The summed E-state index contributed by atoms with van der Waals surface area (Å²) >= 11 is 1.57. The van der Waals surface area contributed by atoms with E-state index < -0.39 is 0 Å². The van der Waals surface area contributed by atoms with E-state index in [1.54, 1.807) is 11.8 Å². The van der Waals surface area contributed by atoms with Crippen LogP contribution in [0.5, 0.6) is 0 Å². The molecule has 1 amide bonds. The van der Waals surface area contributed by atoms with Crippen LogP contribution >= 0.6 is 11.8 Å². The summed E-state index contributed by atoms with van der Waals surface area (Å²) in [5.74, 6) is 2.52. The first-order valence-corrected chi connectivity index (χ1v) is 9.12. The van der Waals surface area contributed by atoms with Crippen LogP contribution in [0.2, 0.25) is 0 Å². The first kappa shape index (κ1) is 16.9. The van der Waals surface area contributed by atoms with Crippen molar-refractivity contribution >= 4 is 17.7 Å². The number of nitrogens with zero attached hydrogens (tertiary/aromatic N) is 1. The second-order valence-corrected chi connectivity index (χ2v) is 7.19. The Labute approximate surface area is 137 Å². The molecule has 118 valence electrons. The molecule has 0 unspecified atom stereocenters. The minimum atomic E-state index is 0.116. The Morgan fingerprint density at radius 2 is 2.14 bits per heavy atom. The van der Waals surface area contributed by atoms with E-state index in [0.717, 1.165) is 12.0 Å². The summed E-state index contributed by atoms with van der Waals surface area (Å²) < 4.78 is 0. The molecule has 1 fully saturated rings. The Kier molecular flexibility index (Phi) is 6.33. The van der Waals surface area contributed by atoms with Crippen molar-refractivity contribution in [1.82, 2.24) is 5.32 Å². The largest absolute Gasteiger partial charge is 0.352 e. The Bertz CT molecular complexity index is 552. The van der Waals surface area contributed by atoms with Crippen molar-refractivity contribution in [3.05, 3.63) is 35.4 Å². The first-order chi connectivity index (χ1) is 10.6. The lowest BCUT2D eigenvalue weighted by Gasteiger charge is -2.34. The van der Waals surface area contributed by atoms with Crippen molar-refractivity contribution < 1.29 is 4.79 Å². The number of nitriles is 1. The topological polar surface area (TPSA) is 52.9 Å². The van der Waals surface area contributed by atoms with E-state index in [2.05, 4.69) is 25.2 Å². The molecule has 0 heterocycles. The summed E-state index contributed by atoms with van der Waals surface area (Å²) in [4.78, 5) is 12.1. The number of rotatable bonds is 5. The summed E-state index contributed by atoms with van der Waals surface area (Å²) in [5.41, 5.74) is 1.70. The molecule has 0 saturated heterocycles. The molecule has 0 aliphatic heterocycles. The molecule has 0 bridgehead atoms. The van der Waals surface area contributed by atoms with Gasteiger partial charge in [0.2, 0.25) is 5.91 Å². The number of amides is 1. The predicted molar refractivity (Wildman–Crippen MR) is 91.4 cm³/mol. The summed E-state index contributed by atoms with van der Waals surface area (Å²) in [5, 5.41) is 12.2. The summed E-state index contributed by atoms with van der Waals surface area (Å²) in [7, 11) is 0. The molecule has 1 aromatic carbocycles. The molecule has 1 aromatic rings. The third-order valence-electron chi connectivity index (χ3n) is 4.68. The Hall–Kier alpha value is -1.47. The van der Waals surface area contributed by atoms with Gasteiger partial charge in [0.15, 0.2) is 0 Å². The van der Waals surface area contributed by atoms with Crippen LogP contribution in [0.25, 0.3) is 0 Å². The van der Waals surface area contributed by atoms with Gasteiger partial charge in [-0.05, 0) is 29.9 Å². The zero-order chi connectivity index (χ0) is 15.9. The Morgan fingerprint density at radius 1 is 1.36 bits per heavy atom. The number of benzene rings is 1. The zero-order valence-corrected chi connectivity index (χ0v) is 14.2. The number of carbonyl (C=O) groups is 1. The summed E-state index contributed by atoms with van der Waals surface area (Å²) in [6.07, 6.45) is 3.57. The van der Waals surface area contributed by atoms with E-state index in [0.29, 0.717) is 34.9 Å². The predicted octanol–water partition coefficient (Wildman–Crippen LogP) is 3.73. The van der Waals surface area contributed by atoms with Crippen molar-refractivity contribution in [2.24, 2.45) is 11.8 Å². The molecule has 2 rings (SSSR count). The highest BCUT2D eigenvalue weighted by Crippen LogP contribution is 2.29. The van der Waals surface area contributed by atoms with Crippen LogP contribution in [0.1, 0.15) is 44.2 Å². The van der Waals surface area contributed by atoms with E-state index in [9.17, 15) is 4.79 Å². The van der Waals surface area contributed by atoms with Gasteiger partial charge in [-0.3, -0.25) is 4.79 Å². The minimum Gasteiger partial charge on any atom is -0.352 e. The van der Waals surface area contributed by atoms with Gasteiger partial charge in [0.25, 0.3) is 0 Å². The lowest BCUT2D eigenvalue weighted by molar-refractivity contribution is -0.119. The van der Waals surface area contributed by atoms with E-state index >= 15 is 0 Å². The van der Waals surface area contributed by atoms with Crippen molar-refractivity contribution in [3.8, 4) is 6.07 Å². The maximum atomic E-state index is 12.1. The molecule has 0 aromatic heterocycles. The fourth-order valence-corrected chi connectivity index (χ4v) is 3.89. The molecule has 0 spiro atoms.